The number of hydrogen-bond donors (Lipinski definition) is 3. The summed E-state index contributed by atoms with van der Waals surface area (Å²) in [5.74, 6) is 1.56. The first-order chi connectivity index (χ1) is 15.0. The predicted octanol–water partition coefficient (Wildman–Crippen LogP) is 2.93. The Kier molecular flexibility index (Phi) is 11.2. The number of nitrogens with one attached hydrogen (secondary N) is 3. The molecule has 2 heterocycles. The zero-order chi connectivity index (χ0) is 22.1. The maximum atomic E-state index is 11.7. The lowest BCUT2D eigenvalue weighted by Crippen LogP contribution is -2.59. The molecule has 3 rings (SSSR count). The number of carbonyl (C=O) groups excluding carboxylic acids is 1. The summed E-state index contributed by atoms with van der Waals surface area (Å²) in [5, 5.41) is 10.3. The number of aliphatic imine (C=N–C) groups is 1. The first kappa shape index (κ1) is 26.9. The van der Waals surface area contributed by atoms with Crippen LogP contribution in [-0.4, -0.2) is 69.2 Å². The van der Waals surface area contributed by atoms with Gasteiger partial charge in [0.2, 0.25) is 5.91 Å². The van der Waals surface area contributed by atoms with E-state index < -0.39 is 0 Å². The fourth-order valence-corrected chi connectivity index (χ4v) is 4.71. The van der Waals surface area contributed by atoms with E-state index in [1.807, 2.05) is 7.05 Å². The zero-order valence-electron chi connectivity index (χ0n) is 19.7. The van der Waals surface area contributed by atoms with Gasteiger partial charge in [-0.15, -0.1) is 24.0 Å². The molecule has 1 amide bonds. The number of ether oxygens (including phenoxy) is 1. The minimum Gasteiger partial charge on any atom is -0.381 e. The van der Waals surface area contributed by atoms with Crippen LogP contribution in [-0.2, 0) is 9.53 Å². The van der Waals surface area contributed by atoms with Crippen molar-refractivity contribution in [3.63, 3.8) is 0 Å². The van der Waals surface area contributed by atoms with Gasteiger partial charge in [-0.2, -0.15) is 0 Å². The number of benzene rings is 1. The van der Waals surface area contributed by atoms with Crippen molar-refractivity contribution >= 4 is 35.8 Å². The fraction of sp³-hybridized carbons (Fsp3) is 0.667. The number of amides is 1. The summed E-state index contributed by atoms with van der Waals surface area (Å²) in [6, 6.07) is 10.9. The highest BCUT2D eigenvalue weighted by Crippen LogP contribution is 2.25. The van der Waals surface area contributed by atoms with Crippen LogP contribution in [0.2, 0.25) is 0 Å². The molecule has 0 bridgehead atoms. The van der Waals surface area contributed by atoms with Crippen molar-refractivity contribution in [3.8, 4) is 0 Å². The SMILES string of the molecule is CN=C(NCC1(NC(C)c2ccccc2)CCOCC1)N1CCC(CC(=O)NC)CC1.I. The lowest BCUT2D eigenvalue weighted by Gasteiger charge is -2.42. The number of nitrogens with zero attached hydrogens (tertiary/aromatic N) is 2. The van der Waals surface area contributed by atoms with Gasteiger partial charge in [-0.25, -0.2) is 0 Å². The second-order valence-electron chi connectivity index (χ2n) is 8.88. The lowest BCUT2D eigenvalue weighted by atomic mass is 9.88. The van der Waals surface area contributed by atoms with Crippen LogP contribution in [0, 0.1) is 5.92 Å². The summed E-state index contributed by atoms with van der Waals surface area (Å²) in [6.45, 7) is 6.48. The van der Waals surface area contributed by atoms with Crippen molar-refractivity contribution in [3.05, 3.63) is 35.9 Å². The van der Waals surface area contributed by atoms with Gasteiger partial charge in [-0.3, -0.25) is 9.79 Å². The third kappa shape index (κ3) is 7.59. The normalized spacial score (nSPS) is 20.2. The van der Waals surface area contributed by atoms with E-state index in [2.05, 4.69) is 63.1 Å². The molecule has 8 heteroatoms. The molecule has 2 aliphatic rings. The van der Waals surface area contributed by atoms with Gasteiger partial charge in [-0.1, -0.05) is 30.3 Å². The van der Waals surface area contributed by atoms with Crippen LogP contribution in [0.5, 0.6) is 0 Å². The number of likely N-dealkylation sites (tertiary alicyclic amines) is 1. The fourth-order valence-electron chi connectivity index (χ4n) is 4.71. The Morgan fingerprint density at radius 1 is 1.22 bits per heavy atom. The highest BCUT2D eigenvalue weighted by molar-refractivity contribution is 14.0. The van der Waals surface area contributed by atoms with Gasteiger partial charge >= 0.3 is 0 Å². The number of hydrogen-bond acceptors (Lipinski definition) is 4. The highest BCUT2D eigenvalue weighted by atomic mass is 127. The maximum absolute atomic E-state index is 11.7. The van der Waals surface area contributed by atoms with Gasteiger partial charge in [0.1, 0.15) is 0 Å². The Balaban J connectivity index is 0.00000363. The average molecular weight is 558 g/mol. The molecule has 0 spiro atoms. The number of guanidine groups is 1. The molecule has 1 aromatic carbocycles. The van der Waals surface area contributed by atoms with Gasteiger partial charge in [0.25, 0.3) is 0 Å². The molecule has 0 aromatic heterocycles. The molecule has 0 radical (unpaired) electrons. The molecule has 0 saturated carbocycles. The van der Waals surface area contributed by atoms with E-state index in [0.717, 1.165) is 64.5 Å². The molecular weight excluding hydrogens is 517 g/mol. The van der Waals surface area contributed by atoms with Crippen molar-refractivity contribution in [2.24, 2.45) is 10.9 Å². The molecular formula is C24H40IN5O2. The van der Waals surface area contributed by atoms with Crippen LogP contribution < -0.4 is 16.0 Å². The summed E-state index contributed by atoms with van der Waals surface area (Å²) in [5.41, 5.74) is 1.27. The Labute approximate surface area is 210 Å². The zero-order valence-corrected chi connectivity index (χ0v) is 22.1. The molecule has 3 N–H and O–H groups in total. The van der Waals surface area contributed by atoms with Crippen LogP contribution in [0.3, 0.4) is 0 Å². The molecule has 0 aliphatic carbocycles. The largest absolute Gasteiger partial charge is 0.381 e. The Bertz CT molecular complexity index is 716. The predicted molar refractivity (Wildman–Crippen MR) is 141 cm³/mol. The third-order valence-corrected chi connectivity index (χ3v) is 6.74. The number of carbonyl (C=O) groups is 1. The molecule has 2 saturated heterocycles. The number of rotatable bonds is 7. The number of piperidine rings is 1. The molecule has 32 heavy (non-hydrogen) atoms. The van der Waals surface area contributed by atoms with Gasteiger partial charge in [-0.05, 0) is 44.1 Å². The Morgan fingerprint density at radius 3 is 2.47 bits per heavy atom. The topological polar surface area (TPSA) is 78.0 Å². The van der Waals surface area contributed by atoms with Crippen molar-refractivity contribution in [1.29, 1.82) is 0 Å². The minimum atomic E-state index is -0.0268. The van der Waals surface area contributed by atoms with Crippen molar-refractivity contribution in [2.45, 2.75) is 50.6 Å². The van der Waals surface area contributed by atoms with Crippen LogP contribution in [0.4, 0.5) is 0 Å². The standard InChI is InChI=1S/C24H39N5O2.HI/c1-19(21-7-5-4-6-8-21)28-24(11-15-31-16-12-24)18-27-23(26-3)29-13-9-20(10-14-29)17-22(30)25-2;/h4-8,19-20,28H,9-18H2,1-3H3,(H,25,30)(H,26,27);1H. The first-order valence-corrected chi connectivity index (χ1v) is 11.6. The molecule has 7 nitrogen and oxygen atoms in total. The van der Waals surface area contributed by atoms with Crippen molar-refractivity contribution in [2.75, 3.05) is 46.9 Å². The van der Waals surface area contributed by atoms with E-state index in [1.165, 1.54) is 5.56 Å². The van der Waals surface area contributed by atoms with Crippen LogP contribution in [0.15, 0.2) is 35.3 Å². The third-order valence-electron chi connectivity index (χ3n) is 6.74. The molecule has 2 aliphatic heterocycles. The lowest BCUT2D eigenvalue weighted by molar-refractivity contribution is -0.121. The molecule has 180 valence electrons. The quantitative estimate of drug-likeness (QED) is 0.273. The molecule has 2 fully saturated rings. The van der Waals surface area contributed by atoms with Crippen LogP contribution >= 0.6 is 24.0 Å². The van der Waals surface area contributed by atoms with E-state index >= 15 is 0 Å². The summed E-state index contributed by atoms with van der Waals surface area (Å²) in [4.78, 5) is 18.6. The minimum absolute atomic E-state index is 0. The Morgan fingerprint density at radius 2 is 1.88 bits per heavy atom. The summed E-state index contributed by atoms with van der Waals surface area (Å²) in [7, 11) is 3.57. The summed E-state index contributed by atoms with van der Waals surface area (Å²) in [6.07, 6.45) is 4.62. The smallest absolute Gasteiger partial charge is 0.220 e. The first-order valence-electron chi connectivity index (χ1n) is 11.6. The number of halogens is 1. The van der Waals surface area contributed by atoms with E-state index in [0.29, 0.717) is 12.3 Å². The van der Waals surface area contributed by atoms with Gasteiger partial charge in [0.15, 0.2) is 5.96 Å². The van der Waals surface area contributed by atoms with Crippen LogP contribution in [0.1, 0.15) is 50.6 Å². The van der Waals surface area contributed by atoms with Crippen molar-refractivity contribution < 1.29 is 9.53 Å². The second-order valence-corrected chi connectivity index (χ2v) is 8.88. The Hall–Kier alpha value is -1.39. The van der Waals surface area contributed by atoms with Crippen molar-refractivity contribution in [1.82, 2.24) is 20.9 Å². The van der Waals surface area contributed by atoms with E-state index in [9.17, 15) is 4.79 Å². The van der Waals surface area contributed by atoms with Gasteiger partial charge < -0.3 is 25.6 Å². The second kappa shape index (κ2) is 13.3. The molecule has 1 atom stereocenters. The molecule has 1 unspecified atom stereocenters. The maximum Gasteiger partial charge on any atom is 0.220 e. The monoisotopic (exact) mass is 557 g/mol. The van der Waals surface area contributed by atoms with Crippen LogP contribution in [0.25, 0.3) is 0 Å². The van der Waals surface area contributed by atoms with E-state index in [1.54, 1.807) is 7.05 Å². The highest BCUT2D eigenvalue weighted by Gasteiger charge is 2.34. The van der Waals surface area contributed by atoms with Gasteiger partial charge in [0.05, 0.1) is 0 Å². The summed E-state index contributed by atoms with van der Waals surface area (Å²) < 4.78 is 5.67. The summed E-state index contributed by atoms with van der Waals surface area (Å²) >= 11 is 0. The van der Waals surface area contributed by atoms with E-state index in [4.69, 9.17) is 4.74 Å². The molecule has 1 aromatic rings. The van der Waals surface area contributed by atoms with E-state index in [-0.39, 0.29) is 41.5 Å². The van der Waals surface area contributed by atoms with Gasteiger partial charge in [0, 0.05) is 64.9 Å². The average Bonchev–Trinajstić information content (AvgIpc) is 2.81.